The second-order valence-corrected chi connectivity index (χ2v) is 6.34. The first-order valence-corrected chi connectivity index (χ1v) is 9.24. The van der Waals surface area contributed by atoms with E-state index in [0.717, 1.165) is 36.4 Å². The standard InChI is InChI=1S/C20H29N5O/c1-6-15(5)22-20-21-12-11-18(24-20)19(26)23-17-10-9-16(13-14(17)4)25(7-2)8-3/h9-13,15H,6-8H2,1-5H3,(H,23,26)(H,21,22,24). The fourth-order valence-electron chi connectivity index (χ4n) is 2.64. The lowest BCUT2D eigenvalue weighted by molar-refractivity contribution is 0.102. The van der Waals surface area contributed by atoms with Gasteiger partial charge in [-0.25, -0.2) is 9.97 Å². The zero-order chi connectivity index (χ0) is 19.1. The van der Waals surface area contributed by atoms with Crippen LogP contribution in [-0.4, -0.2) is 35.0 Å². The zero-order valence-electron chi connectivity index (χ0n) is 16.3. The molecule has 2 N–H and O–H groups in total. The largest absolute Gasteiger partial charge is 0.372 e. The number of aryl methyl sites for hydroxylation is 1. The molecule has 1 amide bonds. The van der Waals surface area contributed by atoms with E-state index in [4.69, 9.17) is 0 Å². The Bertz CT molecular complexity index is 743. The Morgan fingerprint density at radius 1 is 1.19 bits per heavy atom. The van der Waals surface area contributed by atoms with Gasteiger partial charge in [-0.1, -0.05) is 6.92 Å². The van der Waals surface area contributed by atoms with E-state index in [-0.39, 0.29) is 11.9 Å². The topological polar surface area (TPSA) is 70.2 Å². The molecule has 0 bridgehead atoms. The van der Waals surface area contributed by atoms with Crippen LogP contribution in [-0.2, 0) is 0 Å². The maximum atomic E-state index is 12.6. The minimum absolute atomic E-state index is 0.238. The highest BCUT2D eigenvalue weighted by Gasteiger charge is 2.12. The summed E-state index contributed by atoms with van der Waals surface area (Å²) in [4.78, 5) is 23.3. The van der Waals surface area contributed by atoms with Gasteiger partial charge in [-0.3, -0.25) is 4.79 Å². The van der Waals surface area contributed by atoms with E-state index in [1.54, 1.807) is 12.3 Å². The number of carbonyl (C=O) groups excluding carboxylic acids is 1. The molecular weight excluding hydrogens is 326 g/mol. The van der Waals surface area contributed by atoms with Crippen LogP contribution in [0, 0.1) is 6.92 Å². The monoisotopic (exact) mass is 355 g/mol. The average molecular weight is 355 g/mol. The number of rotatable bonds is 8. The van der Waals surface area contributed by atoms with Gasteiger partial charge in [0.2, 0.25) is 5.95 Å². The summed E-state index contributed by atoms with van der Waals surface area (Å²) >= 11 is 0. The molecule has 1 heterocycles. The van der Waals surface area contributed by atoms with Gasteiger partial charge in [-0.15, -0.1) is 0 Å². The minimum atomic E-state index is -0.238. The van der Waals surface area contributed by atoms with E-state index in [1.807, 2.05) is 19.1 Å². The summed E-state index contributed by atoms with van der Waals surface area (Å²) in [5.74, 6) is 0.235. The number of carbonyl (C=O) groups is 1. The van der Waals surface area contributed by atoms with Crippen molar-refractivity contribution in [2.24, 2.45) is 0 Å². The van der Waals surface area contributed by atoms with Gasteiger partial charge in [0.15, 0.2) is 0 Å². The minimum Gasteiger partial charge on any atom is -0.372 e. The number of aromatic nitrogens is 2. The van der Waals surface area contributed by atoms with Crippen molar-refractivity contribution >= 4 is 23.2 Å². The normalized spacial score (nSPS) is 11.7. The SMILES string of the molecule is CCC(C)Nc1nccc(C(=O)Nc2ccc(N(CC)CC)cc2C)n1. The van der Waals surface area contributed by atoms with Gasteiger partial charge in [0.1, 0.15) is 5.69 Å². The molecule has 0 aliphatic heterocycles. The molecule has 0 fully saturated rings. The van der Waals surface area contributed by atoms with E-state index in [2.05, 4.69) is 59.3 Å². The lowest BCUT2D eigenvalue weighted by atomic mass is 10.1. The van der Waals surface area contributed by atoms with Gasteiger partial charge in [-0.05, 0) is 63.9 Å². The Hall–Kier alpha value is -2.63. The molecule has 26 heavy (non-hydrogen) atoms. The maximum Gasteiger partial charge on any atom is 0.274 e. The van der Waals surface area contributed by atoms with Crippen LogP contribution < -0.4 is 15.5 Å². The first-order chi connectivity index (χ1) is 12.5. The molecule has 1 aromatic carbocycles. The molecule has 1 aromatic heterocycles. The highest BCUT2D eigenvalue weighted by Crippen LogP contribution is 2.23. The van der Waals surface area contributed by atoms with Crippen LogP contribution in [0.3, 0.4) is 0 Å². The molecule has 6 nitrogen and oxygen atoms in total. The summed E-state index contributed by atoms with van der Waals surface area (Å²) in [7, 11) is 0. The van der Waals surface area contributed by atoms with Crippen molar-refractivity contribution in [1.29, 1.82) is 0 Å². The highest BCUT2D eigenvalue weighted by atomic mass is 16.1. The lowest BCUT2D eigenvalue weighted by Gasteiger charge is -2.22. The molecule has 0 saturated carbocycles. The predicted molar refractivity (Wildman–Crippen MR) is 108 cm³/mol. The third-order valence-electron chi connectivity index (χ3n) is 4.46. The summed E-state index contributed by atoms with van der Waals surface area (Å²) in [6.45, 7) is 12.3. The lowest BCUT2D eigenvalue weighted by Crippen LogP contribution is -2.22. The number of amides is 1. The molecule has 1 atom stereocenters. The first-order valence-electron chi connectivity index (χ1n) is 9.24. The molecule has 0 aliphatic carbocycles. The summed E-state index contributed by atoms with van der Waals surface area (Å²) < 4.78 is 0. The van der Waals surface area contributed by atoms with Crippen LogP contribution in [0.15, 0.2) is 30.5 Å². The Morgan fingerprint density at radius 3 is 2.54 bits per heavy atom. The average Bonchev–Trinajstić information content (AvgIpc) is 2.65. The van der Waals surface area contributed by atoms with E-state index in [0.29, 0.717) is 11.6 Å². The van der Waals surface area contributed by atoms with Crippen molar-refractivity contribution in [3.05, 3.63) is 41.7 Å². The molecule has 0 saturated heterocycles. The second kappa shape index (κ2) is 9.17. The second-order valence-electron chi connectivity index (χ2n) is 6.34. The van der Waals surface area contributed by atoms with Gasteiger partial charge in [-0.2, -0.15) is 0 Å². The third kappa shape index (κ3) is 4.94. The van der Waals surface area contributed by atoms with Crippen LogP contribution in [0.4, 0.5) is 17.3 Å². The molecule has 1 unspecified atom stereocenters. The van der Waals surface area contributed by atoms with Crippen molar-refractivity contribution in [3.63, 3.8) is 0 Å². The summed E-state index contributed by atoms with van der Waals surface area (Å²) in [5.41, 5.74) is 3.32. The molecule has 0 aliphatic rings. The number of nitrogens with one attached hydrogen (secondary N) is 2. The Labute approximate surface area is 156 Å². The molecule has 2 rings (SSSR count). The van der Waals surface area contributed by atoms with Gasteiger partial charge in [0.05, 0.1) is 0 Å². The fourth-order valence-corrected chi connectivity index (χ4v) is 2.64. The smallest absolute Gasteiger partial charge is 0.274 e. The van der Waals surface area contributed by atoms with Gasteiger partial charge < -0.3 is 15.5 Å². The van der Waals surface area contributed by atoms with Crippen LogP contribution in [0.25, 0.3) is 0 Å². The van der Waals surface area contributed by atoms with Gasteiger partial charge >= 0.3 is 0 Å². The first kappa shape index (κ1) is 19.7. The Balaban J connectivity index is 2.13. The van der Waals surface area contributed by atoms with E-state index < -0.39 is 0 Å². The van der Waals surface area contributed by atoms with Crippen LogP contribution >= 0.6 is 0 Å². The van der Waals surface area contributed by atoms with E-state index in [1.165, 1.54) is 0 Å². The number of nitrogens with zero attached hydrogens (tertiary/aromatic N) is 3. The van der Waals surface area contributed by atoms with Crippen molar-refractivity contribution in [3.8, 4) is 0 Å². The highest BCUT2D eigenvalue weighted by molar-refractivity contribution is 6.03. The summed E-state index contributed by atoms with van der Waals surface area (Å²) in [5, 5.41) is 6.13. The zero-order valence-corrected chi connectivity index (χ0v) is 16.3. The van der Waals surface area contributed by atoms with Gasteiger partial charge in [0.25, 0.3) is 5.91 Å². The number of benzene rings is 1. The quantitative estimate of drug-likeness (QED) is 0.746. The molecule has 6 heteroatoms. The molecule has 0 spiro atoms. The summed E-state index contributed by atoms with van der Waals surface area (Å²) in [6.07, 6.45) is 2.56. The predicted octanol–water partition coefficient (Wildman–Crippen LogP) is 4.09. The summed E-state index contributed by atoms with van der Waals surface area (Å²) in [6, 6.07) is 7.95. The number of hydrogen-bond acceptors (Lipinski definition) is 5. The molecular formula is C20H29N5O. The number of hydrogen-bond donors (Lipinski definition) is 2. The number of anilines is 3. The van der Waals surface area contributed by atoms with Crippen molar-refractivity contribution in [2.45, 2.75) is 47.1 Å². The van der Waals surface area contributed by atoms with E-state index in [9.17, 15) is 4.79 Å². The fraction of sp³-hybridized carbons (Fsp3) is 0.450. The van der Waals surface area contributed by atoms with Crippen molar-refractivity contribution in [1.82, 2.24) is 9.97 Å². The van der Waals surface area contributed by atoms with E-state index >= 15 is 0 Å². The van der Waals surface area contributed by atoms with Crippen LogP contribution in [0.5, 0.6) is 0 Å². The maximum absolute atomic E-state index is 12.6. The third-order valence-corrected chi connectivity index (χ3v) is 4.46. The Kier molecular flexibility index (Phi) is 6.95. The van der Waals surface area contributed by atoms with Crippen LogP contribution in [0.1, 0.15) is 50.2 Å². The van der Waals surface area contributed by atoms with Crippen molar-refractivity contribution in [2.75, 3.05) is 28.6 Å². The molecule has 140 valence electrons. The van der Waals surface area contributed by atoms with Gasteiger partial charge in [0, 0.05) is 36.7 Å². The van der Waals surface area contributed by atoms with Crippen molar-refractivity contribution < 1.29 is 4.79 Å². The molecule has 0 radical (unpaired) electrons. The van der Waals surface area contributed by atoms with Crippen LogP contribution in [0.2, 0.25) is 0 Å². The molecule has 2 aromatic rings. The Morgan fingerprint density at radius 2 is 1.92 bits per heavy atom.